The Bertz CT molecular complexity index is 1870. The second-order valence-corrected chi connectivity index (χ2v) is 11.2. The number of pyridine rings is 1. The highest BCUT2D eigenvalue weighted by Gasteiger charge is 2.37. The first-order valence-corrected chi connectivity index (χ1v) is 14.9. The van der Waals surface area contributed by atoms with Crippen LogP contribution in [-0.2, 0) is 19.8 Å². The molecule has 0 bridgehead atoms. The molecule has 47 heavy (non-hydrogen) atoms. The van der Waals surface area contributed by atoms with Crippen molar-refractivity contribution in [3.05, 3.63) is 90.3 Å². The Morgan fingerprint density at radius 3 is 2.49 bits per heavy atom. The predicted octanol–water partition coefficient (Wildman–Crippen LogP) is 5.69. The summed E-state index contributed by atoms with van der Waals surface area (Å²) in [4.78, 5) is 28.5. The molecule has 1 saturated carbocycles. The number of H-pyrrole nitrogens is 1. The Labute approximate surface area is 267 Å². The lowest BCUT2D eigenvalue weighted by molar-refractivity contribution is -0.140. The second-order valence-electron chi connectivity index (χ2n) is 11.2. The van der Waals surface area contributed by atoms with Gasteiger partial charge in [0.1, 0.15) is 17.6 Å². The van der Waals surface area contributed by atoms with Crippen LogP contribution < -0.4 is 15.5 Å². The molecule has 0 atom stereocenters. The number of anilines is 2. The summed E-state index contributed by atoms with van der Waals surface area (Å²) in [7, 11) is 1.84. The van der Waals surface area contributed by atoms with E-state index in [1.54, 1.807) is 22.0 Å². The van der Waals surface area contributed by atoms with Crippen LogP contribution in [-0.4, -0.2) is 53.0 Å². The third-order valence-electron chi connectivity index (χ3n) is 8.02. The van der Waals surface area contributed by atoms with Gasteiger partial charge in [-0.05, 0) is 43.4 Å². The molecule has 1 aromatic carbocycles. The standard InChI is InChI=1S/C32H30F3N11O/c1-45-19-23(17-41-45)21-7-12-27(37-15-21)46(31(47)39-14-20-5-3-2-4-6-20)25-10-8-24(9-11-25)42-30-38-16-22(13-36)28(43-30)26-18-40-44-29(26)32(33,34)35/h2-7,12,15-19,24-25H,8-11,14H2,1H3,(H,39,47)(H,40,44)(H,38,42,43). The fourth-order valence-corrected chi connectivity index (χ4v) is 5.67. The van der Waals surface area contributed by atoms with Gasteiger partial charge in [0.05, 0.1) is 35.4 Å². The lowest BCUT2D eigenvalue weighted by Crippen LogP contribution is -2.49. The normalized spacial score (nSPS) is 16.3. The summed E-state index contributed by atoms with van der Waals surface area (Å²) in [5, 5.41) is 25.4. The molecule has 0 spiro atoms. The van der Waals surface area contributed by atoms with Crippen molar-refractivity contribution in [1.29, 1.82) is 5.26 Å². The lowest BCUT2D eigenvalue weighted by atomic mass is 9.90. The number of nitrogens with zero attached hydrogens (tertiary/aromatic N) is 8. The number of benzene rings is 1. The van der Waals surface area contributed by atoms with E-state index >= 15 is 0 Å². The molecule has 4 aromatic heterocycles. The zero-order chi connectivity index (χ0) is 33.0. The minimum Gasteiger partial charge on any atom is -0.351 e. The van der Waals surface area contributed by atoms with Gasteiger partial charge in [-0.2, -0.15) is 28.6 Å². The fraction of sp³-hybridized carbons (Fsp3) is 0.281. The van der Waals surface area contributed by atoms with Crippen molar-refractivity contribution in [1.82, 2.24) is 40.2 Å². The highest BCUT2D eigenvalue weighted by molar-refractivity contribution is 5.91. The molecule has 6 rings (SSSR count). The zero-order valence-electron chi connectivity index (χ0n) is 25.2. The first-order chi connectivity index (χ1) is 22.7. The van der Waals surface area contributed by atoms with Crippen LogP contribution in [0.15, 0.2) is 73.4 Å². The van der Waals surface area contributed by atoms with Crippen LogP contribution in [0.2, 0.25) is 0 Å². The van der Waals surface area contributed by atoms with Gasteiger partial charge in [-0.3, -0.25) is 14.7 Å². The number of rotatable bonds is 8. The summed E-state index contributed by atoms with van der Waals surface area (Å²) in [6.07, 6.45) is 5.33. The number of nitrogens with one attached hydrogen (secondary N) is 3. The minimum atomic E-state index is -4.71. The Kier molecular flexibility index (Phi) is 8.83. The Morgan fingerprint density at radius 1 is 1.04 bits per heavy atom. The molecular weight excluding hydrogens is 611 g/mol. The Hall–Kier alpha value is -5.78. The van der Waals surface area contributed by atoms with Crippen LogP contribution in [0.4, 0.5) is 29.7 Å². The Morgan fingerprint density at radius 2 is 1.83 bits per heavy atom. The van der Waals surface area contributed by atoms with Crippen LogP contribution in [0.5, 0.6) is 0 Å². The summed E-state index contributed by atoms with van der Waals surface area (Å²) < 4.78 is 42.3. The van der Waals surface area contributed by atoms with E-state index in [1.165, 1.54) is 6.20 Å². The average molecular weight is 642 g/mol. The van der Waals surface area contributed by atoms with E-state index in [9.17, 15) is 23.2 Å². The van der Waals surface area contributed by atoms with Crippen LogP contribution in [0.3, 0.4) is 0 Å². The highest BCUT2D eigenvalue weighted by atomic mass is 19.4. The Balaban J connectivity index is 1.18. The molecule has 0 radical (unpaired) electrons. The molecule has 15 heteroatoms. The quantitative estimate of drug-likeness (QED) is 0.195. The molecule has 240 valence electrons. The molecule has 1 aliphatic rings. The van der Waals surface area contributed by atoms with Gasteiger partial charge < -0.3 is 10.6 Å². The molecule has 12 nitrogen and oxygen atoms in total. The monoisotopic (exact) mass is 641 g/mol. The first kappa shape index (κ1) is 31.2. The largest absolute Gasteiger partial charge is 0.433 e. The molecule has 0 saturated heterocycles. The molecule has 2 amide bonds. The van der Waals surface area contributed by atoms with E-state index in [1.807, 2.05) is 66.9 Å². The van der Waals surface area contributed by atoms with E-state index in [2.05, 4.69) is 35.8 Å². The van der Waals surface area contributed by atoms with Crippen LogP contribution in [0, 0.1) is 11.3 Å². The first-order valence-electron chi connectivity index (χ1n) is 14.9. The van der Waals surface area contributed by atoms with Crippen molar-refractivity contribution in [3.8, 4) is 28.5 Å². The number of carbonyl (C=O) groups is 1. The topological polar surface area (TPSA) is 153 Å². The van der Waals surface area contributed by atoms with Gasteiger partial charge >= 0.3 is 12.2 Å². The second kappa shape index (κ2) is 13.3. The summed E-state index contributed by atoms with van der Waals surface area (Å²) in [6, 6.07) is 14.7. The number of carbonyl (C=O) groups excluding carboxylic acids is 1. The maximum atomic E-state index is 13.7. The van der Waals surface area contributed by atoms with Crippen molar-refractivity contribution in [2.75, 3.05) is 10.2 Å². The van der Waals surface area contributed by atoms with Crippen molar-refractivity contribution in [2.45, 2.75) is 50.5 Å². The molecule has 3 N–H and O–H groups in total. The molecule has 4 heterocycles. The summed E-state index contributed by atoms with van der Waals surface area (Å²) in [6.45, 7) is 0.353. The summed E-state index contributed by atoms with van der Waals surface area (Å²) >= 11 is 0. The smallest absolute Gasteiger partial charge is 0.351 e. The molecule has 0 aliphatic heterocycles. The van der Waals surface area contributed by atoms with Crippen LogP contribution in [0.1, 0.15) is 42.5 Å². The summed E-state index contributed by atoms with van der Waals surface area (Å²) in [5.74, 6) is 0.613. The number of aromatic nitrogens is 7. The number of halogens is 3. The fourth-order valence-electron chi connectivity index (χ4n) is 5.67. The van der Waals surface area contributed by atoms with Gasteiger partial charge in [0.2, 0.25) is 5.95 Å². The van der Waals surface area contributed by atoms with Crippen LogP contribution in [0.25, 0.3) is 22.4 Å². The summed E-state index contributed by atoms with van der Waals surface area (Å²) in [5.41, 5.74) is 1.06. The number of alkyl halides is 3. The van der Waals surface area contributed by atoms with Gasteiger partial charge in [0, 0.05) is 49.2 Å². The maximum Gasteiger partial charge on any atom is 0.433 e. The average Bonchev–Trinajstić information content (AvgIpc) is 3.75. The number of nitriles is 1. The molecule has 1 aliphatic carbocycles. The van der Waals surface area contributed by atoms with Crippen molar-refractivity contribution < 1.29 is 18.0 Å². The third-order valence-corrected chi connectivity index (χ3v) is 8.02. The van der Waals surface area contributed by atoms with E-state index in [0.717, 1.165) is 22.9 Å². The lowest BCUT2D eigenvalue weighted by Gasteiger charge is -2.36. The number of urea groups is 1. The predicted molar refractivity (Wildman–Crippen MR) is 167 cm³/mol. The zero-order valence-corrected chi connectivity index (χ0v) is 25.2. The third kappa shape index (κ3) is 7.06. The van der Waals surface area contributed by atoms with Gasteiger partial charge in [0.25, 0.3) is 0 Å². The van der Waals surface area contributed by atoms with Crippen molar-refractivity contribution in [3.63, 3.8) is 0 Å². The molecule has 5 aromatic rings. The van der Waals surface area contributed by atoms with E-state index < -0.39 is 11.9 Å². The molecule has 0 unspecified atom stereocenters. The number of aryl methyl sites for hydroxylation is 1. The minimum absolute atomic E-state index is 0.0990. The molecule has 1 fully saturated rings. The van der Waals surface area contributed by atoms with E-state index in [4.69, 9.17) is 0 Å². The van der Waals surface area contributed by atoms with Gasteiger partial charge in [0.15, 0.2) is 0 Å². The van der Waals surface area contributed by atoms with E-state index in [-0.39, 0.29) is 40.9 Å². The number of hydrogen-bond acceptors (Lipinski definition) is 8. The van der Waals surface area contributed by atoms with Gasteiger partial charge in [-0.1, -0.05) is 30.3 Å². The number of hydrogen-bond donors (Lipinski definition) is 3. The van der Waals surface area contributed by atoms with Gasteiger partial charge in [-0.15, -0.1) is 0 Å². The van der Waals surface area contributed by atoms with Crippen LogP contribution >= 0.6 is 0 Å². The SMILES string of the molecule is Cn1cc(-c2ccc(N(C(=O)NCc3ccccc3)C3CCC(Nc4ncc(C#N)c(-c5cn[nH]c5C(F)(F)F)n4)CC3)nc2)cn1. The maximum absolute atomic E-state index is 13.7. The molecular formula is C32H30F3N11O. The van der Waals surface area contributed by atoms with E-state index in [0.29, 0.717) is 38.0 Å². The van der Waals surface area contributed by atoms with Crippen molar-refractivity contribution >= 4 is 17.8 Å². The van der Waals surface area contributed by atoms with Crippen molar-refractivity contribution in [2.24, 2.45) is 7.05 Å². The van der Waals surface area contributed by atoms with Gasteiger partial charge in [-0.25, -0.2) is 19.7 Å². The number of amides is 2. The highest BCUT2D eigenvalue weighted by Crippen LogP contribution is 2.36. The number of aromatic amines is 1.